The summed E-state index contributed by atoms with van der Waals surface area (Å²) in [6.45, 7) is 11.5. The van der Waals surface area contributed by atoms with Crippen molar-refractivity contribution in [2.24, 2.45) is 11.8 Å². The van der Waals surface area contributed by atoms with E-state index in [4.69, 9.17) is 30.5 Å². The van der Waals surface area contributed by atoms with Crippen LogP contribution < -0.4 is 15.0 Å². The molecule has 2 fully saturated rings. The van der Waals surface area contributed by atoms with Crippen molar-refractivity contribution < 1.29 is 43.2 Å². The Bertz CT molecular complexity index is 1970. The number of nitrogens with zero attached hydrogens (tertiary/aromatic N) is 3. The molecular weight excluding hydrogens is 828 g/mol. The number of rotatable bonds is 12. The molecule has 0 radical (unpaired) electrons. The van der Waals surface area contributed by atoms with Crippen LogP contribution in [0.5, 0.6) is 5.75 Å². The number of benzene rings is 1. The molecule has 1 aromatic carbocycles. The quantitative estimate of drug-likeness (QED) is 0.159. The van der Waals surface area contributed by atoms with E-state index in [1.165, 1.54) is 24.0 Å². The molecule has 3 aliphatic rings. The van der Waals surface area contributed by atoms with Crippen molar-refractivity contribution in [3.05, 3.63) is 70.9 Å². The molecule has 13 nitrogen and oxygen atoms in total. The number of alkyl carbamates (subject to hydrolysis) is 1. The van der Waals surface area contributed by atoms with Crippen LogP contribution in [0.25, 0.3) is 0 Å². The SMILES string of the molecule is COc1cc2cc(c1Cl)N(C)C(=O)C[C@H](CC(=O)[C@H](C)N(C)C(=O)CCC(C)(C)SSc1ccccn1)[C@]1(C)O[C@H]1[C@H](C)[C@@H]1C[C@@](O)(NC(=O)O1)[C@H](OC)/C=C/C=C(\C)C2. The van der Waals surface area contributed by atoms with E-state index in [1.807, 2.05) is 57.2 Å². The smallest absolute Gasteiger partial charge is 0.409 e. The Morgan fingerprint density at radius 1 is 1.23 bits per heavy atom. The summed E-state index contributed by atoms with van der Waals surface area (Å²) in [7, 11) is 9.44. The van der Waals surface area contributed by atoms with Crippen molar-refractivity contribution in [2.45, 2.75) is 126 Å². The predicted octanol–water partition coefficient (Wildman–Crippen LogP) is 7.57. The average Bonchev–Trinajstić information content (AvgIpc) is 3.91. The highest BCUT2D eigenvalue weighted by atomic mass is 35.5. The minimum Gasteiger partial charge on any atom is -0.495 e. The number of hydrogen-bond donors (Lipinski definition) is 2. The van der Waals surface area contributed by atoms with Gasteiger partial charge in [-0.3, -0.25) is 19.7 Å². The molecule has 2 N–H and O–H groups in total. The molecule has 4 heterocycles. The number of pyridine rings is 1. The number of aliphatic hydroxyl groups is 1. The number of ketones is 1. The normalized spacial score (nSPS) is 29.2. The van der Waals surface area contributed by atoms with Crippen molar-refractivity contribution in [3.8, 4) is 5.75 Å². The Balaban J connectivity index is 1.41. The zero-order valence-electron chi connectivity index (χ0n) is 36.2. The summed E-state index contributed by atoms with van der Waals surface area (Å²) < 4.78 is 23.2. The van der Waals surface area contributed by atoms with Crippen molar-refractivity contribution in [1.82, 2.24) is 15.2 Å². The first-order valence-corrected chi connectivity index (χ1v) is 22.7. The van der Waals surface area contributed by atoms with Crippen LogP contribution in [0.3, 0.4) is 0 Å². The first kappa shape index (κ1) is 47.4. The maximum absolute atomic E-state index is 14.4. The van der Waals surface area contributed by atoms with Crippen molar-refractivity contribution in [1.29, 1.82) is 0 Å². The second-order valence-electron chi connectivity index (χ2n) is 16.9. The minimum atomic E-state index is -1.81. The van der Waals surface area contributed by atoms with Gasteiger partial charge in [-0.15, -0.1) is 0 Å². The molecule has 8 atom stereocenters. The zero-order chi connectivity index (χ0) is 44.2. The Labute approximate surface area is 366 Å². The fourth-order valence-corrected chi connectivity index (χ4v) is 10.4. The van der Waals surface area contributed by atoms with E-state index in [1.54, 1.807) is 61.0 Å². The third-order valence-electron chi connectivity index (χ3n) is 12.0. The highest BCUT2D eigenvalue weighted by Gasteiger charge is 2.63. The largest absolute Gasteiger partial charge is 0.495 e. The van der Waals surface area contributed by atoms with Gasteiger partial charge in [-0.1, -0.05) is 59.2 Å². The van der Waals surface area contributed by atoms with Crippen molar-refractivity contribution in [2.75, 3.05) is 33.2 Å². The number of likely N-dealkylation sites (N-methyl/N-ethyl adjacent to an activating group) is 1. The third kappa shape index (κ3) is 11.3. The van der Waals surface area contributed by atoms with Crippen LogP contribution in [0.1, 0.15) is 79.2 Å². The molecule has 4 bridgehead atoms. The van der Waals surface area contributed by atoms with Gasteiger partial charge in [-0.05, 0) is 88.1 Å². The summed E-state index contributed by atoms with van der Waals surface area (Å²) in [4.78, 5) is 62.4. The lowest BCUT2D eigenvalue weighted by molar-refractivity contribution is -0.142. The number of halogens is 1. The van der Waals surface area contributed by atoms with Crippen LogP contribution in [0.15, 0.2) is 65.4 Å². The number of nitrogens with one attached hydrogen (secondary N) is 1. The number of Topliss-reactive ketones (excluding diaryl/α,β-unsaturated/α-hetero) is 1. The van der Waals surface area contributed by atoms with E-state index < -0.39 is 53.6 Å². The first-order valence-electron chi connectivity index (χ1n) is 20.2. The van der Waals surface area contributed by atoms with Crippen LogP contribution in [-0.2, 0) is 35.0 Å². The van der Waals surface area contributed by atoms with Gasteiger partial charge in [0.2, 0.25) is 11.8 Å². The number of aromatic nitrogens is 1. The van der Waals surface area contributed by atoms with E-state index >= 15 is 0 Å². The summed E-state index contributed by atoms with van der Waals surface area (Å²) in [6.07, 6.45) is 5.10. The van der Waals surface area contributed by atoms with Gasteiger partial charge in [-0.25, -0.2) is 9.78 Å². The monoisotopic (exact) mass is 886 g/mol. The van der Waals surface area contributed by atoms with Gasteiger partial charge in [0.25, 0.3) is 0 Å². The van der Waals surface area contributed by atoms with Crippen LogP contribution in [0, 0.1) is 11.8 Å². The van der Waals surface area contributed by atoms with Crippen molar-refractivity contribution in [3.63, 3.8) is 0 Å². The molecule has 5 rings (SSSR count). The molecule has 0 aliphatic carbocycles. The molecule has 3 amide bonds. The lowest BCUT2D eigenvalue weighted by Gasteiger charge is -2.42. The topological polar surface area (TPSA) is 160 Å². The molecule has 1 aromatic heterocycles. The maximum atomic E-state index is 14.4. The lowest BCUT2D eigenvalue weighted by Crippen LogP contribution is -2.63. The minimum absolute atomic E-state index is 0.0160. The van der Waals surface area contributed by atoms with Crippen LogP contribution in [-0.4, -0.2) is 107 Å². The standard InChI is InChI=1S/C44H59ClN4O9S2/c1-26-14-13-15-35(56-10)44(54)25-34(57-41(53)47-44)27(2)40-43(6,58-40)30(24-38(52)49(8)31-21-29(20-26)22-33(55-9)39(31)45)23-32(50)28(3)48(7)37(51)17-18-42(4,5)60-59-36-16-11-12-19-46-36/h11-16,19,21-22,27-28,30,34-35,40,54H,17-18,20,23-25H2,1-10H3,(H,47,53)/b15-13+,26-14+/t27-,28+,30+,34+,35-,40+,43+,44+/m1/s1. The second-order valence-corrected chi connectivity index (χ2v) is 20.2. The Hall–Kier alpha value is -3.60. The van der Waals surface area contributed by atoms with Crippen molar-refractivity contribution >= 4 is 62.6 Å². The molecule has 60 heavy (non-hydrogen) atoms. The lowest BCUT2D eigenvalue weighted by atomic mass is 9.77. The number of carbonyl (C=O) groups is 4. The first-order chi connectivity index (χ1) is 28.2. The van der Waals surface area contributed by atoms with Crippen LogP contribution >= 0.6 is 33.2 Å². The van der Waals surface area contributed by atoms with E-state index in [-0.39, 0.29) is 53.1 Å². The summed E-state index contributed by atoms with van der Waals surface area (Å²) in [5.74, 6) is -1.42. The van der Waals surface area contributed by atoms with Gasteiger partial charge in [0, 0.05) is 69.7 Å². The van der Waals surface area contributed by atoms with Gasteiger partial charge in [0.1, 0.15) is 28.0 Å². The second kappa shape index (κ2) is 19.6. The molecule has 2 saturated heterocycles. The fourth-order valence-electron chi connectivity index (χ4n) is 7.87. The molecule has 16 heteroatoms. The summed E-state index contributed by atoms with van der Waals surface area (Å²) in [6, 6.07) is 8.61. The van der Waals surface area contributed by atoms with Gasteiger partial charge < -0.3 is 33.9 Å². The highest BCUT2D eigenvalue weighted by molar-refractivity contribution is 8.77. The van der Waals surface area contributed by atoms with Crippen LogP contribution in [0.4, 0.5) is 10.5 Å². The van der Waals surface area contributed by atoms with Gasteiger partial charge in [0.15, 0.2) is 11.5 Å². The Kier molecular flexibility index (Phi) is 15.5. The number of carbonyl (C=O) groups excluding carboxylic acids is 4. The number of allylic oxidation sites excluding steroid dienone is 3. The molecule has 0 saturated carbocycles. The summed E-state index contributed by atoms with van der Waals surface area (Å²) in [5.41, 5.74) is -0.590. The number of fused-ring (bicyclic) bond motifs is 5. The molecule has 3 aliphatic heterocycles. The molecular formula is C44H59ClN4O9S2. The highest BCUT2D eigenvalue weighted by Crippen LogP contribution is 2.52. The number of amides is 3. The molecule has 0 unspecified atom stereocenters. The van der Waals surface area contributed by atoms with E-state index in [0.717, 1.165) is 16.2 Å². The summed E-state index contributed by atoms with van der Waals surface area (Å²) >= 11 is 6.84. The summed E-state index contributed by atoms with van der Waals surface area (Å²) in [5, 5.41) is 15.5. The molecule has 2 aromatic rings. The van der Waals surface area contributed by atoms with Gasteiger partial charge in [0.05, 0.1) is 30.5 Å². The number of ether oxygens (including phenoxy) is 4. The number of methoxy groups -OCH3 is 2. The number of epoxide rings is 1. The van der Waals surface area contributed by atoms with E-state index in [2.05, 4.69) is 24.1 Å². The average molecular weight is 888 g/mol. The van der Waals surface area contributed by atoms with Gasteiger partial charge in [-0.2, -0.15) is 0 Å². The van der Waals surface area contributed by atoms with Gasteiger partial charge >= 0.3 is 6.09 Å². The van der Waals surface area contributed by atoms with Crippen LogP contribution in [0.2, 0.25) is 5.02 Å². The maximum Gasteiger partial charge on any atom is 0.409 e. The third-order valence-corrected chi connectivity index (χ3v) is 15.6. The van der Waals surface area contributed by atoms with E-state index in [0.29, 0.717) is 24.3 Å². The van der Waals surface area contributed by atoms with E-state index in [9.17, 15) is 24.3 Å². The molecule has 0 spiro atoms. The Morgan fingerprint density at radius 2 is 1.97 bits per heavy atom. The Morgan fingerprint density at radius 3 is 2.63 bits per heavy atom. The zero-order valence-corrected chi connectivity index (χ0v) is 38.5. The predicted molar refractivity (Wildman–Crippen MR) is 235 cm³/mol. The fraction of sp³-hybridized carbons (Fsp3) is 0.568. The molecule has 328 valence electrons. The number of anilines is 1. The number of hydrogen-bond acceptors (Lipinski definition) is 12.